The van der Waals surface area contributed by atoms with Crippen LogP contribution in [0, 0.1) is 11.3 Å². The Hall–Kier alpha value is -1.38. The van der Waals surface area contributed by atoms with E-state index < -0.39 is 10.8 Å². The first-order valence-electron chi connectivity index (χ1n) is 5.73. The second-order valence-corrected chi connectivity index (χ2v) is 5.38. The van der Waals surface area contributed by atoms with Crippen LogP contribution in [0.4, 0.5) is 0 Å². The third-order valence-corrected chi connectivity index (χ3v) is 3.63. The molecule has 4 nitrogen and oxygen atoms in total. The summed E-state index contributed by atoms with van der Waals surface area (Å²) < 4.78 is 21.9. The highest BCUT2D eigenvalue weighted by atomic mass is 32.2. The SMILES string of the molecule is COCCCS(=O)CCOc1cccc(C#N)c1. The topological polar surface area (TPSA) is 59.3 Å². The van der Waals surface area contributed by atoms with E-state index in [2.05, 4.69) is 0 Å². The summed E-state index contributed by atoms with van der Waals surface area (Å²) in [5, 5.41) is 8.73. The summed E-state index contributed by atoms with van der Waals surface area (Å²) in [5.41, 5.74) is 0.564. The Balaban J connectivity index is 2.24. The Morgan fingerprint density at radius 1 is 1.33 bits per heavy atom. The molecule has 1 rings (SSSR count). The third-order valence-electron chi connectivity index (χ3n) is 2.26. The average molecular weight is 267 g/mol. The van der Waals surface area contributed by atoms with Gasteiger partial charge in [0.05, 0.1) is 24.0 Å². The van der Waals surface area contributed by atoms with Crippen molar-refractivity contribution in [3.8, 4) is 11.8 Å². The summed E-state index contributed by atoms with van der Waals surface area (Å²) in [6, 6.07) is 8.99. The Labute approximate surface area is 110 Å². The van der Waals surface area contributed by atoms with Crippen LogP contribution < -0.4 is 4.74 Å². The van der Waals surface area contributed by atoms with Crippen molar-refractivity contribution >= 4 is 10.8 Å². The van der Waals surface area contributed by atoms with Gasteiger partial charge in [0, 0.05) is 30.3 Å². The first-order valence-corrected chi connectivity index (χ1v) is 7.22. The molecule has 0 spiro atoms. The summed E-state index contributed by atoms with van der Waals surface area (Å²) in [7, 11) is 0.761. The molecule has 5 heteroatoms. The lowest BCUT2D eigenvalue weighted by Crippen LogP contribution is -2.12. The number of nitrogens with zero attached hydrogens (tertiary/aromatic N) is 1. The van der Waals surface area contributed by atoms with Gasteiger partial charge < -0.3 is 9.47 Å². The van der Waals surface area contributed by atoms with Crippen molar-refractivity contribution in [1.29, 1.82) is 5.26 Å². The zero-order valence-electron chi connectivity index (χ0n) is 10.4. The van der Waals surface area contributed by atoms with Crippen LogP contribution in [0.5, 0.6) is 5.75 Å². The summed E-state index contributed by atoms with van der Waals surface area (Å²) in [6.45, 7) is 1.03. The molecule has 0 aromatic heterocycles. The van der Waals surface area contributed by atoms with Gasteiger partial charge in [-0.1, -0.05) is 6.07 Å². The maximum atomic E-state index is 11.6. The molecule has 0 saturated heterocycles. The lowest BCUT2D eigenvalue weighted by atomic mass is 10.2. The predicted octanol–water partition coefficient (Wildman–Crippen LogP) is 1.72. The monoisotopic (exact) mass is 267 g/mol. The van der Waals surface area contributed by atoms with Gasteiger partial charge in [0.1, 0.15) is 5.75 Å². The van der Waals surface area contributed by atoms with Crippen LogP contribution in [0.3, 0.4) is 0 Å². The van der Waals surface area contributed by atoms with Crippen molar-refractivity contribution in [2.24, 2.45) is 0 Å². The normalized spacial score (nSPS) is 11.8. The molecule has 0 aliphatic rings. The first kappa shape index (κ1) is 14.7. The molecule has 0 radical (unpaired) electrons. The van der Waals surface area contributed by atoms with E-state index in [1.165, 1.54) is 0 Å². The number of hydrogen-bond acceptors (Lipinski definition) is 4. The standard InChI is InChI=1S/C13H17NO3S/c1-16-6-3-8-18(15)9-7-17-13-5-2-4-12(10-13)11-14/h2,4-5,10H,3,6-9H2,1H3. The van der Waals surface area contributed by atoms with E-state index >= 15 is 0 Å². The Morgan fingerprint density at radius 3 is 2.89 bits per heavy atom. The van der Waals surface area contributed by atoms with Crippen molar-refractivity contribution in [2.45, 2.75) is 6.42 Å². The molecule has 0 fully saturated rings. The van der Waals surface area contributed by atoms with E-state index in [9.17, 15) is 4.21 Å². The van der Waals surface area contributed by atoms with Gasteiger partial charge in [0.25, 0.3) is 0 Å². The van der Waals surface area contributed by atoms with Gasteiger partial charge in [-0.05, 0) is 24.6 Å². The van der Waals surface area contributed by atoms with Crippen molar-refractivity contribution in [3.05, 3.63) is 29.8 Å². The molecule has 0 aliphatic heterocycles. The molecule has 0 saturated carbocycles. The van der Waals surface area contributed by atoms with Gasteiger partial charge in [0.15, 0.2) is 0 Å². The van der Waals surface area contributed by atoms with Crippen LogP contribution in [0.15, 0.2) is 24.3 Å². The molecule has 0 bridgehead atoms. The molecular weight excluding hydrogens is 250 g/mol. The van der Waals surface area contributed by atoms with Gasteiger partial charge in [-0.2, -0.15) is 5.26 Å². The van der Waals surface area contributed by atoms with E-state index in [0.29, 0.717) is 36.0 Å². The van der Waals surface area contributed by atoms with Gasteiger partial charge in [0.2, 0.25) is 0 Å². The molecule has 98 valence electrons. The molecule has 1 atom stereocenters. The van der Waals surface area contributed by atoms with Crippen LogP contribution in [-0.4, -0.2) is 36.0 Å². The molecule has 1 aromatic carbocycles. The molecule has 0 amide bonds. The van der Waals surface area contributed by atoms with Crippen molar-refractivity contribution in [3.63, 3.8) is 0 Å². The summed E-state index contributed by atoms with van der Waals surface area (Å²) in [4.78, 5) is 0. The van der Waals surface area contributed by atoms with E-state index in [4.69, 9.17) is 14.7 Å². The van der Waals surface area contributed by atoms with E-state index in [-0.39, 0.29) is 0 Å². The van der Waals surface area contributed by atoms with Crippen LogP contribution in [-0.2, 0) is 15.5 Å². The minimum absolute atomic E-state index is 0.397. The number of nitriles is 1. The lowest BCUT2D eigenvalue weighted by molar-refractivity contribution is 0.200. The number of ether oxygens (including phenoxy) is 2. The van der Waals surface area contributed by atoms with Crippen LogP contribution in [0.2, 0.25) is 0 Å². The highest BCUT2D eigenvalue weighted by molar-refractivity contribution is 7.84. The largest absolute Gasteiger partial charge is 0.493 e. The first-order chi connectivity index (χ1) is 8.76. The average Bonchev–Trinajstić information content (AvgIpc) is 2.39. The minimum Gasteiger partial charge on any atom is -0.493 e. The van der Waals surface area contributed by atoms with Gasteiger partial charge in [-0.3, -0.25) is 4.21 Å². The molecule has 1 unspecified atom stereocenters. The fourth-order valence-corrected chi connectivity index (χ4v) is 2.29. The molecule has 0 heterocycles. The molecule has 18 heavy (non-hydrogen) atoms. The smallest absolute Gasteiger partial charge is 0.120 e. The number of benzene rings is 1. The van der Waals surface area contributed by atoms with Crippen LogP contribution in [0.1, 0.15) is 12.0 Å². The van der Waals surface area contributed by atoms with Crippen molar-refractivity contribution < 1.29 is 13.7 Å². The summed E-state index contributed by atoms with van der Waals surface area (Å²) in [5.74, 6) is 1.78. The maximum absolute atomic E-state index is 11.6. The second-order valence-electron chi connectivity index (χ2n) is 3.68. The van der Waals surface area contributed by atoms with Gasteiger partial charge in [-0.25, -0.2) is 0 Å². The zero-order valence-corrected chi connectivity index (χ0v) is 11.2. The molecule has 1 aromatic rings. The maximum Gasteiger partial charge on any atom is 0.120 e. The van der Waals surface area contributed by atoms with Crippen molar-refractivity contribution in [1.82, 2.24) is 0 Å². The predicted molar refractivity (Wildman–Crippen MR) is 71.0 cm³/mol. The minimum atomic E-state index is -0.872. The third kappa shape index (κ3) is 5.80. The summed E-state index contributed by atoms with van der Waals surface area (Å²) >= 11 is 0. The van der Waals surface area contributed by atoms with Gasteiger partial charge in [-0.15, -0.1) is 0 Å². The van der Waals surface area contributed by atoms with E-state index in [0.717, 1.165) is 6.42 Å². The Bertz CT molecular complexity index is 428. The lowest BCUT2D eigenvalue weighted by Gasteiger charge is -2.06. The number of methoxy groups -OCH3 is 1. The van der Waals surface area contributed by atoms with Crippen LogP contribution >= 0.6 is 0 Å². The van der Waals surface area contributed by atoms with Crippen molar-refractivity contribution in [2.75, 3.05) is 31.8 Å². The fraction of sp³-hybridized carbons (Fsp3) is 0.462. The van der Waals surface area contributed by atoms with Crippen LogP contribution in [0.25, 0.3) is 0 Å². The molecule has 0 aliphatic carbocycles. The number of hydrogen-bond donors (Lipinski definition) is 0. The fourth-order valence-electron chi connectivity index (χ4n) is 1.37. The highest BCUT2D eigenvalue weighted by Crippen LogP contribution is 2.12. The van der Waals surface area contributed by atoms with E-state index in [1.807, 2.05) is 6.07 Å². The Kier molecular flexibility index (Phi) is 7.07. The second kappa shape index (κ2) is 8.67. The van der Waals surface area contributed by atoms with E-state index in [1.54, 1.807) is 31.4 Å². The molecular formula is C13H17NO3S. The van der Waals surface area contributed by atoms with Gasteiger partial charge >= 0.3 is 0 Å². The highest BCUT2D eigenvalue weighted by Gasteiger charge is 2.01. The Morgan fingerprint density at radius 2 is 2.17 bits per heavy atom. The quantitative estimate of drug-likeness (QED) is 0.673. The number of rotatable bonds is 8. The summed E-state index contributed by atoms with van der Waals surface area (Å²) in [6.07, 6.45) is 0.799. The molecule has 0 N–H and O–H groups in total. The zero-order chi connectivity index (χ0) is 13.2.